The third-order valence-electron chi connectivity index (χ3n) is 4.18. The Balaban J connectivity index is 1.58. The molecule has 0 aliphatic rings. The largest absolute Gasteiger partial charge is 0.354 e. The molecule has 0 aliphatic carbocycles. The average molecular weight is 365 g/mol. The quantitative estimate of drug-likeness (QED) is 0.692. The van der Waals surface area contributed by atoms with E-state index in [2.05, 4.69) is 20.4 Å². The van der Waals surface area contributed by atoms with Gasteiger partial charge in [-0.05, 0) is 38.7 Å². The third-order valence-corrected chi connectivity index (χ3v) is 4.18. The van der Waals surface area contributed by atoms with Crippen LogP contribution in [0, 0.1) is 6.92 Å². The number of carbonyl (C=O) groups is 1. The lowest BCUT2D eigenvalue weighted by molar-refractivity contribution is -0.125. The van der Waals surface area contributed by atoms with Crippen LogP contribution in [0.5, 0.6) is 0 Å². The first-order chi connectivity index (χ1) is 13.0. The molecule has 27 heavy (non-hydrogen) atoms. The number of nitrogens with one attached hydrogen (secondary N) is 1. The van der Waals surface area contributed by atoms with Crippen LogP contribution in [0.3, 0.4) is 0 Å². The van der Waals surface area contributed by atoms with Gasteiger partial charge in [-0.1, -0.05) is 35.0 Å². The fourth-order valence-corrected chi connectivity index (χ4v) is 2.79. The van der Waals surface area contributed by atoms with Crippen molar-refractivity contribution in [1.82, 2.24) is 25.3 Å². The lowest BCUT2D eigenvalue weighted by Gasteiger charge is -2.23. The molecule has 1 aromatic carbocycles. The molecule has 3 aromatic rings. The number of hydrogen-bond acceptors (Lipinski definition) is 6. The summed E-state index contributed by atoms with van der Waals surface area (Å²) in [6.07, 6.45) is 3.84. The molecule has 7 nitrogen and oxygen atoms in total. The van der Waals surface area contributed by atoms with Gasteiger partial charge in [0.2, 0.25) is 17.6 Å². The molecule has 7 heteroatoms. The van der Waals surface area contributed by atoms with E-state index in [0.717, 1.165) is 16.7 Å². The number of rotatable bonds is 7. The van der Waals surface area contributed by atoms with Crippen molar-refractivity contribution in [2.24, 2.45) is 0 Å². The molecule has 140 valence electrons. The van der Waals surface area contributed by atoms with E-state index in [0.29, 0.717) is 24.7 Å². The van der Waals surface area contributed by atoms with Crippen molar-refractivity contribution >= 4 is 5.91 Å². The third kappa shape index (κ3) is 4.77. The molecule has 3 rings (SSSR count). The number of aryl methyl sites for hydroxylation is 1. The van der Waals surface area contributed by atoms with Gasteiger partial charge in [0, 0.05) is 30.9 Å². The first-order valence-electron chi connectivity index (χ1n) is 8.78. The first-order valence-corrected chi connectivity index (χ1v) is 8.78. The number of aromatic nitrogens is 3. The Morgan fingerprint density at radius 2 is 2.00 bits per heavy atom. The van der Waals surface area contributed by atoms with E-state index in [1.165, 1.54) is 0 Å². The summed E-state index contributed by atoms with van der Waals surface area (Å²) in [6, 6.07) is 11.3. The van der Waals surface area contributed by atoms with Crippen LogP contribution in [-0.2, 0) is 11.2 Å². The normalized spacial score (nSPS) is 12.1. The molecule has 2 aromatic heterocycles. The molecule has 0 saturated heterocycles. The average Bonchev–Trinajstić information content (AvgIpc) is 3.13. The Labute approximate surface area is 158 Å². The van der Waals surface area contributed by atoms with Crippen LogP contribution in [0.1, 0.15) is 23.1 Å². The van der Waals surface area contributed by atoms with Crippen LogP contribution < -0.4 is 5.32 Å². The number of benzene rings is 1. The van der Waals surface area contributed by atoms with Crippen molar-refractivity contribution in [3.8, 4) is 11.4 Å². The highest BCUT2D eigenvalue weighted by Crippen LogP contribution is 2.19. The molecular formula is C20H23N5O2. The SMILES string of the molecule is Cc1ccc(C(C(=O)NCCc2nc(-c3cccnc3)no2)N(C)C)cc1. The van der Waals surface area contributed by atoms with Crippen molar-refractivity contribution in [2.45, 2.75) is 19.4 Å². The molecule has 1 atom stereocenters. The fraction of sp³-hybridized carbons (Fsp3) is 0.300. The molecule has 2 heterocycles. The summed E-state index contributed by atoms with van der Waals surface area (Å²) < 4.78 is 5.26. The fourth-order valence-electron chi connectivity index (χ4n) is 2.79. The van der Waals surface area contributed by atoms with Crippen molar-refractivity contribution < 1.29 is 9.32 Å². The zero-order chi connectivity index (χ0) is 19.2. The van der Waals surface area contributed by atoms with Crippen LogP contribution in [0.4, 0.5) is 0 Å². The van der Waals surface area contributed by atoms with Gasteiger partial charge in [0.15, 0.2) is 0 Å². The van der Waals surface area contributed by atoms with E-state index in [9.17, 15) is 4.79 Å². The zero-order valence-corrected chi connectivity index (χ0v) is 15.7. The molecule has 1 unspecified atom stereocenters. The van der Waals surface area contributed by atoms with E-state index >= 15 is 0 Å². The van der Waals surface area contributed by atoms with Crippen LogP contribution in [0.2, 0.25) is 0 Å². The molecule has 0 radical (unpaired) electrons. The van der Waals surface area contributed by atoms with Gasteiger partial charge < -0.3 is 9.84 Å². The van der Waals surface area contributed by atoms with Gasteiger partial charge in [0.25, 0.3) is 0 Å². The number of amides is 1. The summed E-state index contributed by atoms with van der Waals surface area (Å²) in [5, 5.41) is 6.91. The van der Waals surface area contributed by atoms with E-state index < -0.39 is 0 Å². The van der Waals surface area contributed by atoms with Gasteiger partial charge in [-0.25, -0.2) is 0 Å². The maximum absolute atomic E-state index is 12.7. The minimum atomic E-state index is -0.348. The Morgan fingerprint density at radius 3 is 2.67 bits per heavy atom. The minimum Gasteiger partial charge on any atom is -0.354 e. The summed E-state index contributed by atoms with van der Waals surface area (Å²) in [7, 11) is 3.78. The minimum absolute atomic E-state index is 0.0594. The predicted molar refractivity (Wildman–Crippen MR) is 102 cm³/mol. The van der Waals surface area contributed by atoms with Crippen LogP contribution in [0.25, 0.3) is 11.4 Å². The van der Waals surface area contributed by atoms with E-state index in [4.69, 9.17) is 4.52 Å². The summed E-state index contributed by atoms with van der Waals surface area (Å²) in [4.78, 5) is 22.9. The van der Waals surface area contributed by atoms with Crippen LogP contribution in [0.15, 0.2) is 53.3 Å². The van der Waals surface area contributed by atoms with Gasteiger partial charge in [-0.2, -0.15) is 4.98 Å². The van der Waals surface area contributed by atoms with Crippen molar-refractivity contribution in [2.75, 3.05) is 20.6 Å². The lowest BCUT2D eigenvalue weighted by Crippen LogP contribution is -2.37. The second kappa shape index (κ2) is 8.55. The molecule has 1 amide bonds. The van der Waals surface area contributed by atoms with Gasteiger partial charge in [-0.15, -0.1) is 0 Å². The Morgan fingerprint density at radius 1 is 1.22 bits per heavy atom. The number of carbonyl (C=O) groups excluding carboxylic acids is 1. The van der Waals surface area contributed by atoms with E-state index in [1.807, 2.05) is 62.3 Å². The van der Waals surface area contributed by atoms with Gasteiger partial charge >= 0.3 is 0 Å². The highest BCUT2D eigenvalue weighted by molar-refractivity contribution is 5.83. The van der Waals surface area contributed by atoms with Gasteiger partial charge in [0.1, 0.15) is 6.04 Å². The van der Waals surface area contributed by atoms with Gasteiger partial charge in [0.05, 0.1) is 0 Å². The molecule has 0 bridgehead atoms. The number of hydrogen-bond donors (Lipinski definition) is 1. The first kappa shape index (κ1) is 18.7. The molecule has 0 fully saturated rings. The molecular weight excluding hydrogens is 342 g/mol. The number of pyridine rings is 1. The van der Waals surface area contributed by atoms with Gasteiger partial charge in [-0.3, -0.25) is 14.7 Å². The van der Waals surface area contributed by atoms with Crippen molar-refractivity contribution in [3.63, 3.8) is 0 Å². The molecule has 1 N–H and O–H groups in total. The van der Waals surface area contributed by atoms with Crippen molar-refractivity contribution in [3.05, 3.63) is 65.8 Å². The zero-order valence-electron chi connectivity index (χ0n) is 15.7. The van der Waals surface area contributed by atoms with Crippen LogP contribution >= 0.6 is 0 Å². The predicted octanol–water partition coefficient (Wildman–Crippen LogP) is 2.40. The summed E-state index contributed by atoms with van der Waals surface area (Å²) in [5.41, 5.74) is 2.92. The summed E-state index contributed by atoms with van der Waals surface area (Å²) in [5.74, 6) is 0.914. The van der Waals surface area contributed by atoms with E-state index in [1.54, 1.807) is 12.4 Å². The number of likely N-dealkylation sites (N-methyl/N-ethyl adjacent to an activating group) is 1. The van der Waals surface area contributed by atoms with Crippen molar-refractivity contribution in [1.29, 1.82) is 0 Å². The standard InChI is InChI=1S/C20H23N5O2/c1-14-6-8-15(9-7-14)18(25(2)3)20(26)22-12-10-17-23-19(24-27-17)16-5-4-11-21-13-16/h4-9,11,13,18H,10,12H2,1-3H3,(H,22,26). The monoisotopic (exact) mass is 365 g/mol. The topological polar surface area (TPSA) is 84.2 Å². The lowest BCUT2D eigenvalue weighted by atomic mass is 10.0. The Kier molecular flexibility index (Phi) is 5.93. The Hall–Kier alpha value is -3.06. The molecule has 0 saturated carbocycles. The highest BCUT2D eigenvalue weighted by Gasteiger charge is 2.22. The second-order valence-corrected chi connectivity index (χ2v) is 6.57. The van der Waals surface area contributed by atoms with E-state index in [-0.39, 0.29) is 11.9 Å². The Bertz CT molecular complexity index is 875. The number of nitrogens with zero attached hydrogens (tertiary/aromatic N) is 4. The maximum atomic E-state index is 12.7. The smallest absolute Gasteiger partial charge is 0.241 e. The maximum Gasteiger partial charge on any atom is 0.241 e. The molecule has 0 aliphatic heterocycles. The second-order valence-electron chi connectivity index (χ2n) is 6.57. The van der Waals surface area contributed by atoms with Crippen LogP contribution in [-0.4, -0.2) is 46.6 Å². The molecule has 0 spiro atoms. The summed E-state index contributed by atoms with van der Waals surface area (Å²) >= 11 is 0. The summed E-state index contributed by atoms with van der Waals surface area (Å²) in [6.45, 7) is 2.45. The highest BCUT2D eigenvalue weighted by atomic mass is 16.5.